The van der Waals surface area contributed by atoms with E-state index in [4.69, 9.17) is 0 Å². The lowest BCUT2D eigenvalue weighted by Gasteiger charge is -2.06. The molecule has 0 atom stereocenters. The van der Waals surface area contributed by atoms with Gasteiger partial charge in [0.1, 0.15) is 16.2 Å². The van der Waals surface area contributed by atoms with Gasteiger partial charge in [0.15, 0.2) is 0 Å². The third-order valence-corrected chi connectivity index (χ3v) is 2.57. The number of anilines is 1. The molecular weight excluding hydrogens is 271 g/mol. The Morgan fingerprint density at radius 2 is 1.94 bits per heavy atom. The van der Waals surface area contributed by atoms with Crippen LogP contribution < -0.4 is 5.32 Å². The second-order valence-electron chi connectivity index (χ2n) is 3.29. The van der Waals surface area contributed by atoms with E-state index in [2.05, 4.69) is 26.2 Å². The van der Waals surface area contributed by atoms with Crippen LogP contribution in [-0.2, 0) is 6.54 Å². The normalized spacial score (nSPS) is 10.1. The number of benzene rings is 1. The molecule has 1 aromatic carbocycles. The maximum absolute atomic E-state index is 13.3. The standard InChI is InChI=1S/C12H10BrFN2/c13-11-6-3-7-12(16-11)15-8-9-4-1-2-5-10(9)14/h1-7H,8H2,(H,15,16). The van der Waals surface area contributed by atoms with Gasteiger partial charge in [-0.25, -0.2) is 9.37 Å². The first-order valence-electron chi connectivity index (χ1n) is 4.85. The van der Waals surface area contributed by atoms with Crippen LogP contribution in [0.2, 0.25) is 0 Å². The van der Waals surface area contributed by atoms with Crippen molar-refractivity contribution in [2.45, 2.75) is 6.54 Å². The Kier molecular flexibility index (Phi) is 3.51. The fraction of sp³-hybridized carbons (Fsp3) is 0.0833. The fourth-order valence-corrected chi connectivity index (χ4v) is 1.68. The Bertz CT molecular complexity index is 488. The number of pyridine rings is 1. The van der Waals surface area contributed by atoms with Crippen LogP contribution in [0.4, 0.5) is 10.2 Å². The second-order valence-corrected chi connectivity index (χ2v) is 4.10. The maximum Gasteiger partial charge on any atom is 0.128 e. The van der Waals surface area contributed by atoms with Gasteiger partial charge in [-0.1, -0.05) is 24.3 Å². The van der Waals surface area contributed by atoms with E-state index in [-0.39, 0.29) is 5.82 Å². The minimum atomic E-state index is -0.204. The topological polar surface area (TPSA) is 24.9 Å². The van der Waals surface area contributed by atoms with Crippen molar-refractivity contribution in [1.29, 1.82) is 0 Å². The van der Waals surface area contributed by atoms with Gasteiger partial charge >= 0.3 is 0 Å². The summed E-state index contributed by atoms with van der Waals surface area (Å²) < 4.78 is 14.1. The van der Waals surface area contributed by atoms with Gasteiger partial charge in [0.2, 0.25) is 0 Å². The van der Waals surface area contributed by atoms with Crippen LogP contribution in [0.3, 0.4) is 0 Å². The van der Waals surface area contributed by atoms with Crippen LogP contribution in [0.25, 0.3) is 0 Å². The SMILES string of the molecule is Fc1ccccc1CNc1cccc(Br)n1. The summed E-state index contributed by atoms with van der Waals surface area (Å²) in [6, 6.07) is 12.2. The number of hydrogen-bond acceptors (Lipinski definition) is 2. The Morgan fingerprint density at radius 1 is 1.12 bits per heavy atom. The summed E-state index contributed by atoms with van der Waals surface area (Å²) >= 11 is 3.28. The molecule has 2 nitrogen and oxygen atoms in total. The minimum Gasteiger partial charge on any atom is -0.366 e. The highest BCUT2D eigenvalue weighted by Crippen LogP contribution is 2.12. The first-order chi connectivity index (χ1) is 7.75. The van der Waals surface area contributed by atoms with Gasteiger partial charge in [-0.15, -0.1) is 0 Å². The monoisotopic (exact) mass is 280 g/mol. The molecule has 0 unspecified atom stereocenters. The second kappa shape index (κ2) is 5.07. The van der Waals surface area contributed by atoms with Crippen molar-refractivity contribution < 1.29 is 4.39 Å². The molecule has 2 aromatic rings. The summed E-state index contributed by atoms with van der Waals surface area (Å²) in [5.41, 5.74) is 0.629. The molecule has 0 bridgehead atoms. The molecule has 0 spiro atoms. The number of hydrogen-bond donors (Lipinski definition) is 1. The molecule has 1 aromatic heterocycles. The molecule has 82 valence electrons. The molecule has 0 fully saturated rings. The molecule has 2 rings (SSSR count). The van der Waals surface area contributed by atoms with Gasteiger partial charge in [0.05, 0.1) is 0 Å². The van der Waals surface area contributed by atoms with Gasteiger partial charge in [0, 0.05) is 12.1 Å². The Hall–Kier alpha value is -1.42. The maximum atomic E-state index is 13.3. The molecular formula is C12H10BrFN2. The number of rotatable bonds is 3. The number of nitrogens with zero attached hydrogens (tertiary/aromatic N) is 1. The van der Waals surface area contributed by atoms with Crippen molar-refractivity contribution in [1.82, 2.24) is 4.98 Å². The molecule has 0 amide bonds. The minimum absolute atomic E-state index is 0.204. The predicted molar refractivity (Wildman–Crippen MR) is 65.7 cm³/mol. The Morgan fingerprint density at radius 3 is 2.69 bits per heavy atom. The van der Waals surface area contributed by atoms with Crippen LogP contribution in [-0.4, -0.2) is 4.98 Å². The zero-order valence-corrected chi connectivity index (χ0v) is 10.0. The third kappa shape index (κ3) is 2.79. The molecule has 1 N–H and O–H groups in total. The predicted octanol–water partition coefficient (Wildman–Crippen LogP) is 3.60. The van der Waals surface area contributed by atoms with E-state index in [9.17, 15) is 4.39 Å². The summed E-state index contributed by atoms with van der Waals surface area (Å²) in [6.07, 6.45) is 0. The molecule has 0 saturated heterocycles. The van der Waals surface area contributed by atoms with E-state index in [1.54, 1.807) is 12.1 Å². The summed E-state index contributed by atoms with van der Waals surface area (Å²) in [6.45, 7) is 0.427. The van der Waals surface area contributed by atoms with Crippen molar-refractivity contribution in [2.75, 3.05) is 5.32 Å². The zero-order valence-electron chi connectivity index (χ0n) is 8.45. The Labute approximate surface area is 102 Å². The van der Waals surface area contributed by atoms with E-state index >= 15 is 0 Å². The highest BCUT2D eigenvalue weighted by molar-refractivity contribution is 9.10. The number of aromatic nitrogens is 1. The largest absolute Gasteiger partial charge is 0.366 e. The van der Waals surface area contributed by atoms with Crippen LogP contribution >= 0.6 is 15.9 Å². The van der Waals surface area contributed by atoms with Crippen molar-refractivity contribution >= 4 is 21.7 Å². The number of halogens is 2. The average Bonchev–Trinajstić information content (AvgIpc) is 2.28. The zero-order chi connectivity index (χ0) is 11.4. The van der Waals surface area contributed by atoms with Crippen LogP contribution in [0.5, 0.6) is 0 Å². The molecule has 1 heterocycles. The van der Waals surface area contributed by atoms with E-state index in [1.807, 2.05) is 24.3 Å². The van der Waals surface area contributed by atoms with Gasteiger partial charge in [0.25, 0.3) is 0 Å². The van der Waals surface area contributed by atoms with Crippen LogP contribution in [0, 0.1) is 5.82 Å². The molecule has 16 heavy (non-hydrogen) atoms. The molecule has 0 radical (unpaired) electrons. The fourth-order valence-electron chi connectivity index (χ4n) is 1.33. The lowest BCUT2D eigenvalue weighted by Crippen LogP contribution is -2.02. The number of nitrogens with one attached hydrogen (secondary N) is 1. The van der Waals surface area contributed by atoms with E-state index in [0.29, 0.717) is 12.1 Å². The van der Waals surface area contributed by atoms with Gasteiger partial charge < -0.3 is 5.32 Å². The van der Waals surface area contributed by atoms with Crippen LogP contribution in [0.1, 0.15) is 5.56 Å². The van der Waals surface area contributed by atoms with Crippen molar-refractivity contribution in [2.24, 2.45) is 0 Å². The molecule has 4 heteroatoms. The average molecular weight is 281 g/mol. The summed E-state index contributed by atoms with van der Waals surface area (Å²) in [7, 11) is 0. The molecule has 0 aliphatic carbocycles. The summed E-state index contributed by atoms with van der Waals surface area (Å²) in [4.78, 5) is 4.20. The molecule has 0 aliphatic heterocycles. The first-order valence-corrected chi connectivity index (χ1v) is 5.65. The van der Waals surface area contributed by atoms with Crippen molar-refractivity contribution in [3.8, 4) is 0 Å². The smallest absolute Gasteiger partial charge is 0.128 e. The summed E-state index contributed by atoms with van der Waals surface area (Å²) in [5.74, 6) is 0.516. The van der Waals surface area contributed by atoms with Gasteiger partial charge in [-0.2, -0.15) is 0 Å². The quantitative estimate of drug-likeness (QED) is 0.869. The lowest BCUT2D eigenvalue weighted by molar-refractivity contribution is 0.613. The van der Waals surface area contributed by atoms with Gasteiger partial charge in [-0.05, 0) is 34.1 Å². The summed E-state index contributed by atoms with van der Waals surface area (Å²) in [5, 5.41) is 3.06. The van der Waals surface area contributed by atoms with Crippen molar-refractivity contribution in [3.63, 3.8) is 0 Å². The molecule has 0 aliphatic rings. The van der Waals surface area contributed by atoms with E-state index in [1.165, 1.54) is 6.07 Å². The third-order valence-electron chi connectivity index (χ3n) is 2.13. The van der Waals surface area contributed by atoms with Gasteiger partial charge in [-0.3, -0.25) is 0 Å². The Balaban J connectivity index is 2.05. The highest BCUT2D eigenvalue weighted by Gasteiger charge is 2.00. The van der Waals surface area contributed by atoms with Crippen molar-refractivity contribution in [3.05, 3.63) is 58.4 Å². The highest BCUT2D eigenvalue weighted by atomic mass is 79.9. The van der Waals surface area contributed by atoms with E-state index < -0.39 is 0 Å². The molecule has 0 saturated carbocycles. The van der Waals surface area contributed by atoms with Crippen LogP contribution in [0.15, 0.2) is 47.1 Å². The first kappa shape index (κ1) is 11.1. The van der Waals surface area contributed by atoms with E-state index in [0.717, 1.165) is 10.4 Å². The lowest BCUT2D eigenvalue weighted by atomic mass is 10.2.